The number of ether oxygens (including phenoxy) is 1. The third-order valence-corrected chi connectivity index (χ3v) is 4.12. The van der Waals surface area contributed by atoms with Crippen LogP contribution in [-0.4, -0.2) is 38.2 Å². The van der Waals surface area contributed by atoms with Crippen LogP contribution in [-0.2, 0) is 0 Å². The minimum absolute atomic E-state index is 0. The van der Waals surface area contributed by atoms with E-state index in [0.29, 0.717) is 12.0 Å². The van der Waals surface area contributed by atoms with E-state index in [1.54, 1.807) is 19.2 Å². The van der Waals surface area contributed by atoms with Crippen molar-refractivity contribution in [3.63, 3.8) is 0 Å². The molecule has 1 aromatic carbocycles. The van der Waals surface area contributed by atoms with Crippen molar-refractivity contribution in [2.45, 2.75) is 18.9 Å². The molecular weight excluding hydrogens is 314 g/mol. The van der Waals surface area contributed by atoms with E-state index in [-0.39, 0.29) is 30.6 Å². The second kappa shape index (κ2) is 8.18. The highest BCUT2D eigenvalue weighted by Crippen LogP contribution is 2.47. The predicted octanol–water partition coefficient (Wildman–Crippen LogP) is 3.03. The van der Waals surface area contributed by atoms with Gasteiger partial charge in [0.1, 0.15) is 11.6 Å². The van der Waals surface area contributed by atoms with Gasteiger partial charge in [0.05, 0.1) is 7.11 Å². The van der Waals surface area contributed by atoms with E-state index in [9.17, 15) is 4.39 Å². The molecule has 1 aromatic rings. The first-order valence-corrected chi connectivity index (χ1v) is 7.08. The van der Waals surface area contributed by atoms with Gasteiger partial charge in [-0.2, -0.15) is 0 Å². The first-order chi connectivity index (χ1) is 9.29. The maximum Gasteiger partial charge on any atom is 0.123 e. The van der Waals surface area contributed by atoms with Crippen LogP contribution in [0.15, 0.2) is 18.2 Å². The average molecular weight is 337 g/mol. The number of hydrogen-bond donors (Lipinski definition) is 1. The molecule has 2 fully saturated rings. The van der Waals surface area contributed by atoms with Gasteiger partial charge in [-0.15, -0.1) is 24.8 Å². The standard InChI is InChI=1S/C15H21FN2O.2ClH/c1-19-14-5-4-12(16)10-13(14)15(11-2-3-11)18-8-6-17-7-9-18;;/h4-5,10-11,15,17H,2-3,6-9H2,1H3;2*1H/t15-;;/m1../s1. The van der Waals surface area contributed by atoms with Gasteiger partial charge in [0, 0.05) is 37.8 Å². The third-order valence-electron chi connectivity index (χ3n) is 4.12. The van der Waals surface area contributed by atoms with E-state index in [2.05, 4.69) is 10.2 Å². The molecule has 0 bridgehead atoms. The maximum absolute atomic E-state index is 13.6. The monoisotopic (exact) mass is 336 g/mol. The van der Waals surface area contributed by atoms with E-state index in [0.717, 1.165) is 37.5 Å². The first-order valence-electron chi connectivity index (χ1n) is 7.08. The van der Waals surface area contributed by atoms with E-state index >= 15 is 0 Å². The molecule has 1 heterocycles. The van der Waals surface area contributed by atoms with Gasteiger partial charge in [-0.3, -0.25) is 4.90 Å². The molecule has 1 saturated carbocycles. The van der Waals surface area contributed by atoms with E-state index in [4.69, 9.17) is 4.74 Å². The van der Waals surface area contributed by atoms with Crippen molar-refractivity contribution in [3.8, 4) is 5.75 Å². The average Bonchev–Trinajstić information content (AvgIpc) is 3.25. The van der Waals surface area contributed by atoms with Crippen LogP contribution in [0.1, 0.15) is 24.4 Å². The van der Waals surface area contributed by atoms with Gasteiger partial charge < -0.3 is 10.1 Å². The summed E-state index contributed by atoms with van der Waals surface area (Å²) in [5.41, 5.74) is 1.02. The molecule has 0 unspecified atom stereocenters. The summed E-state index contributed by atoms with van der Waals surface area (Å²) >= 11 is 0. The SMILES string of the molecule is COc1ccc(F)cc1[C@@H](C1CC1)N1CCNCC1.Cl.Cl. The zero-order valence-corrected chi connectivity index (χ0v) is 13.8. The Morgan fingerprint density at radius 3 is 2.48 bits per heavy atom. The van der Waals surface area contributed by atoms with Crippen molar-refractivity contribution in [2.75, 3.05) is 33.3 Å². The number of hydrogen-bond acceptors (Lipinski definition) is 3. The molecular formula is C15H23Cl2FN2O. The molecule has 2 aliphatic rings. The van der Waals surface area contributed by atoms with Crippen LogP contribution < -0.4 is 10.1 Å². The van der Waals surface area contributed by atoms with Crippen LogP contribution in [0.25, 0.3) is 0 Å². The molecule has 3 rings (SSSR count). The lowest BCUT2D eigenvalue weighted by molar-refractivity contribution is 0.153. The molecule has 1 aliphatic carbocycles. The number of halogens is 3. The van der Waals surface area contributed by atoms with E-state index in [1.807, 2.05) is 0 Å². The fraction of sp³-hybridized carbons (Fsp3) is 0.600. The fourth-order valence-electron chi connectivity index (χ4n) is 3.06. The summed E-state index contributed by atoms with van der Waals surface area (Å²) in [5, 5.41) is 3.37. The Morgan fingerprint density at radius 2 is 1.90 bits per heavy atom. The second-order valence-electron chi connectivity index (χ2n) is 5.45. The molecule has 1 N–H and O–H groups in total. The largest absolute Gasteiger partial charge is 0.496 e. The smallest absolute Gasteiger partial charge is 0.123 e. The number of rotatable bonds is 4. The van der Waals surface area contributed by atoms with E-state index < -0.39 is 0 Å². The molecule has 1 aliphatic heterocycles. The van der Waals surface area contributed by atoms with Gasteiger partial charge in [-0.1, -0.05) is 0 Å². The summed E-state index contributed by atoms with van der Waals surface area (Å²) in [6, 6.07) is 5.20. The summed E-state index contributed by atoms with van der Waals surface area (Å²) < 4.78 is 19.0. The Hall–Kier alpha value is -0.550. The number of methoxy groups -OCH3 is 1. The molecule has 6 heteroatoms. The number of piperazine rings is 1. The first kappa shape index (κ1) is 18.5. The quantitative estimate of drug-likeness (QED) is 0.914. The molecule has 0 amide bonds. The lowest BCUT2D eigenvalue weighted by Crippen LogP contribution is -2.45. The minimum atomic E-state index is -0.170. The molecule has 0 radical (unpaired) electrons. The van der Waals surface area contributed by atoms with Gasteiger partial charge in [0.25, 0.3) is 0 Å². The number of benzene rings is 1. The second-order valence-corrected chi connectivity index (χ2v) is 5.45. The van der Waals surface area contributed by atoms with Crippen molar-refractivity contribution in [1.82, 2.24) is 10.2 Å². The molecule has 0 spiro atoms. The fourth-order valence-corrected chi connectivity index (χ4v) is 3.06. The van der Waals surface area contributed by atoms with Crippen molar-refractivity contribution in [1.29, 1.82) is 0 Å². The lowest BCUT2D eigenvalue weighted by atomic mass is 9.98. The van der Waals surface area contributed by atoms with Crippen molar-refractivity contribution in [2.24, 2.45) is 5.92 Å². The predicted molar refractivity (Wildman–Crippen MR) is 87.4 cm³/mol. The highest BCUT2D eigenvalue weighted by atomic mass is 35.5. The summed E-state index contributed by atoms with van der Waals surface area (Å²) in [6.07, 6.45) is 2.49. The highest BCUT2D eigenvalue weighted by Gasteiger charge is 2.38. The van der Waals surface area contributed by atoms with Gasteiger partial charge in [-0.05, 0) is 37.0 Å². The Balaban J connectivity index is 0.00000110. The van der Waals surface area contributed by atoms with Crippen molar-refractivity contribution in [3.05, 3.63) is 29.6 Å². The number of nitrogens with zero attached hydrogens (tertiary/aromatic N) is 1. The summed E-state index contributed by atoms with van der Waals surface area (Å²) in [5.74, 6) is 1.31. The van der Waals surface area contributed by atoms with Crippen LogP contribution in [0, 0.1) is 11.7 Å². The van der Waals surface area contributed by atoms with Crippen LogP contribution in [0.4, 0.5) is 4.39 Å². The topological polar surface area (TPSA) is 24.5 Å². The van der Waals surface area contributed by atoms with Crippen LogP contribution in [0.3, 0.4) is 0 Å². The highest BCUT2D eigenvalue weighted by molar-refractivity contribution is 5.85. The Kier molecular flexibility index (Phi) is 7.21. The van der Waals surface area contributed by atoms with Crippen LogP contribution in [0.5, 0.6) is 5.75 Å². The van der Waals surface area contributed by atoms with Crippen LogP contribution in [0.2, 0.25) is 0 Å². The molecule has 21 heavy (non-hydrogen) atoms. The third kappa shape index (κ3) is 4.22. The van der Waals surface area contributed by atoms with Gasteiger partial charge in [-0.25, -0.2) is 4.39 Å². The summed E-state index contributed by atoms with van der Waals surface area (Å²) in [4.78, 5) is 2.48. The van der Waals surface area contributed by atoms with Crippen molar-refractivity contribution >= 4 is 24.8 Å². The van der Waals surface area contributed by atoms with Gasteiger partial charge >= 0.3 is 0 Å². The van der Waals surface area contributed by atoms with Crippen LogP contribution >= 0.6 is 24.8 Å². The minimum Gasteiger partial charge on any atom is -0.496 e. The Labute approximate surface area is 138 Å². The zero-order valence-electron chi connectivity index (χ0n) is 12.2. The normalized spacial score (nSPS) is 20.1. The Bertz CT molecular complexity index is 451. The lowest BCUT2D eigenvalue weighted by Gasteiger charge is -2.36. The van der Waals surface area contributed by atoms with E-state index in [1.165, 1.54) is 18.9 Å². The van der Waals surface area contributed by atoms with Crippen molar-refractivity contribution < 1.29 is 9.13 Å². The van der Waals surface area contributed by atoms with Gasteiger partial charge in [0.2, 0.25) is 0 Å². The Morgan fingerprint density at radius 1 is 1.24 bits per heavy atom. The van der Waals surface area contributed by atoms with Gasteiger partial charge in [0.15, 0.2) is 0 Å². The zero-order chi connectivity index (χ0) is 13.2. The maximum atomic E-state index is 13.6. The number of nitrogens with one attached hydrogen (secondary N) is 1. The molecule has 0 aromatic heterocycles. The molecule has 120 valence electrons. The molecule has 1 atom stereocenters. The summed E-state index contributed by atoms with van der Waals surface area (Å²) in [6.45, 7) is 4.09. The molecule has 3 nitrogen and oxygen atoms in total. The summed E-state index contributed by atoms with van der Waals surface area (Å²) in [7, 11) is 1.67. The molecule has 1 saturated heterocycles.